The zero-order chi connectivity index (χ0) is 13.1. The lowest BCUT2D eigenvalue weighted by Gasteiger charge is -2.12. The molecule has 2 N–H and O–H groups in total. The molecule has 2 rings (SSSR count). The maximum Gasteiger partial charge on any atom is 0.254 e. The van der Waals surface area contributed by atoms with E-state index in [1.807, 2.05) is 6.92 Å². The van der Waals surface area contributed by atoms with Crippen molar-refractivity contribution in [2.75, 3.05) is 6.61 Å². The maximum absolute atomic E-state index is 12.0. The molecule has 2 atom stereocenters. The molecule has 0 saturated heterocycles. The zero-order valence-electron chi connectivity index (χ0n) is 11.2. The minimum Gasteiger partial charge on any atom is -0.396 e. The van der Waals surface area contributed by atoms with Crippen LogP contribution in [-0.4, -0.2) is 21.7 Å². The first kappa shape index (κ1) is 13.3. The Kier molecular flexibility index (Phi) is 4.17. The van der Waals surface area contributed by atoms with Crippen molar-refractivity contribution in [2.24, 2.45) is 5.92 Å². The molecule has 1 heterocycles. The Morgan fingerprint density at radius 2 is 2.22 bits per heavy atom. The third-order valence-corrected chi connectivity index (χ3v) is 4.11. The van der Waals surface area contributed by atoms with E-state index in [1.165, 1.54) is 12.8 Å². The highest BCUT2D eigenvalue weighted by molar-refractivity contribution is 5.18. The minimum atomic E-state index is -0.0773. The molecular formula is C14H22N2O2. The van der Waals surface area contributed by atoms with Crippen molar-refractivity contribution in [1.82, 2.24) is 9.97 Å². The summed E-state index contributed by atoms with van der Waals surface area (Å²) in [5, 5.41) is 8.94. The molecule has 1 saturated carbocycles. The Morgan fingerprint density at radius 3 is 2.78 bits per heavy atom. The van der Waals surface area contributed by atoms with Gasteiger partial charge in [0.05, 0.1) is 0 Å². The van der Waals surface area contributed by atoms with Crippen LogP contribution in [0.2, 0.25) is 0 Å². The average Bonchev–Trinajstić information content (AvgIpc) is 2.82. The van der Waals surface area contributed by atoms with Crippen LogP contribution < -0.4 is 5.56 Å². The quantitative estimate of drug-likeness (QED) is 0.857. The van der Waals surface area contributed by atoms with Crippen molar-refractivity contribution in [2.45, 2.75) is 51.9 Å². The highest BCUT2D eigenvalue weighted by Crippen LogP contribution is 2.37. The van der Waals surface area contributed by atoms with Gasteiger partial charge >= 0.3 is 0 Å². The summed E-state index contributed by atoms with van der Waals surface area (Å²) in [5.74, 6) is 2.03. The number of hydrogen-bond acceptors (Lipinski definition) is 3. The molecule has 4 heteroatoms. The number of aliphatic hydroxyl groups excluding tert-OH is 1. The highest BCUT2D eigenvalue weighted by atomic mass is 16.3. The van der Waals surface area contributed by atoms with E-state index in [9.17, 15) is 4.79 Å². The fourth-order valence-corrected chi connectivity index (χ4v) is 2.93. The number of aromatic nitrogens is 2. The summed E-state index contributed by atoms with van der Waals surface area (Å²) in [7, 11) is 0. The molecule has 1 aliphatic rings. The summed E-state index contributed by atoms with van der Waals surface area (Å²) >= 11 is 0. The van der Waals surface area contributed by atoms with Crippen molar-refractivity contribution < 1.29 is 5.11 Å². The van der Waals surface area contributed by atoms with Crippen molar-refractivity contribution >= 4 is 0 Å². The molecular weight excluding hydrogens is 228 g/mol. The summed E-state index contributed by atoms with van der Waals surface area (Å²) < 4.78 is 0. The van der Waals surface area contributed by atoms with E-state index in [0.717, 1.165) is 30.3 Å². The second-order valence-electron chi connectivity index (χ2n) is 5.27. The van der Waals surface area contributed by atoms with Crippen molar-refractivity contribution in [3.63, 3.8) is 0 Å². The zero-order valence-corrected chi connectivity index (χ0v) is 11.2. The molecule has 18 heavy (non-hydrogen) atoms. The van der Waals surface area contributed by atoms with E-state index in [-0.39, 0.29) is 12.2 Å². The molecule has 1 aliphatic carbocycles. The number of aliphatic hydroxyl groups is 1. The lowest BCUT2D eigenvalue weighted by Crippen LogP contribution is -2.21. The van der Waals surface area contributed by atoms with E-state index < -0.39 is 0 Å². The van der Waals surface area contributed by atoms with Crippen LogP contribution in [0.3, 0.4) is 0 Å². The van der Waals surface area contributed by atoms with Crippen LogP contribution in [0, 0.1) is 12.8 Å². The normalized spacial score (nSPS) is 23.5. The summed E-state index contributed by atoms with van der Waals surface area (Å²) in [6.45, 7) is 4.07. The number of hydrogen-bond donors (Lipinski definition) is 2. The van der Waals surface area contributed by atoms with Crippen LogP contribution in [0.25, 0.3) is 0 Å². The fourth-order valence-electron chi connectivity index (χ4n) is 2.93. The van der Waals surface area contributed by atoms with Gasteiger partial charge in [0.25, 0.3) is 5.56 Å². The molecule has 0 aromatic carbocycles. The minimum absolute atomic E-state index is 0.00765. The monoisotopic (exact) mass is 250 g/mol. The van der Waals surface area contributed by atoms with Crippen LogP contribution in [0.4, 0.5) is 0 Å². The fraction of sp³-hybridized carbons (Fsp3) is 0.714. The number of H-pyrrole nitrogens is 1. The molecule has 100 valence electrons. The molecule has 1 aromatic rings. The first-order valence-corrected chi connectivity index (χ1v) is 6.86. The first-order valence-electron chi connectivity index (χ1n) is 6.86. The lowest BCUT2D eigenvalue weighted by atomic mass is 10.0. The van der Waals surface area contributed by atoms with E-state index in [0.29, 0.717) is 17.9 Å². The van der Waals surface area contributed by atoms with Gasteiger partial charge in [0.2, 0.25) is 0 Å². The summed E-state index contributed by atoms with van der Waals surface area (Å²) in [4.78, 5) is 19.4. The van der Waals surface area contributed by atoms with Gasteiger partial charge in [-0.05, 0) is 32.1 Å². The second kappa shape index (κ2) is 5.65. The largest absolute Gasteiger partial charge is 0.396 e. The standard InChI is InChI=1S/C14H22N2O2/c1-3-10-4-5-11(8-10)13-15-9(2)12(6-7-17)14(18)16-13/h10-11,17H,3-8H2,1-2H3,(H,15,16,18). The summed E-state index contributed by atoms with van der Waals surface area (Å²) in [6.07, 6.45) is 5.10. The maximum atomic E-state index is 12.0. The molecule has 4 nitrogen and oxygen atoms in total. The van der Waals surface area contributed by atoms with Gasteiger partial charge in [0.15, 0.2) is 0 Å². The molecule has 0 radical (unpaired) electrons. The van der Waals surface area contributed by atoms with Gasteiger partial charge in [-0.2, -0.15) is 0 Å². The second-order valence-corrected chi connectivity index (χ2v) is 5.27. The SMILES string of the molecule is CCC1CCC(c2nc(C)c(CCO)c(=O)[nH]2)C1. The van der Waals surface area contributed by atoms with Gasteiger partial charge in [0.1, 0.15) is 5.82 Å². The smallest absolute Gasteiger partial charge is 0.254 e. The van der Waals surface area contributed by atoms with Crippen molar-refractivity contribution in [3.05, 3.63) is 27.4 Å². The van der Waals surface area contributed by atoms with Crippen LogP contribution in [-0.2, 0) is 6.42 Å². The number of aryl methyl sites for hydroxylation is 1. The van der Waals surface area contributed by atoms with Gasteiger partial charge in [-0.15, -0.1) is 0 Å². The molecule has 0 spiro atoms. The van der Waals surface area contributed by atoms with E-state index in [4.69, 9.17) is 5.11 Å². The third kappa shape index (κ3) is 2.64. The highest BCUT2D eigenvalue weighted by Gasteiger charge is 2.26. The number of rotatable bonds is 4. The topological polar surface area (TPSA) is 66.0 Å². The van der Waals surface area contributed by atoms with E-state index in [2.05, 4.69) is 16.9 Å². The Labute approximate surface area is 107 Å². The van der Waals surface area contributed by atoms with Crippen LogP contribution in [0.1, 0.15) is 55.6 Å². The average molecular weight is 250 g/mol. The molecule has 0 bridgehead atoms. The third-order valence-electron chi connectivity index (χ3n) is 4.11. The molecule has 0 amide bonds. The van der Waals surface area contributed by atoms with Gasteiger partial charge in [-0.25, -0.2) is 4.98 Å². The Balaban J connectivity index is 2.23. The van der Waals surface area contributed by atoms with Crippen LogP contribution >= 0.6 is 0 Å². The molecule has 0 aliphatic heterocycles. The number of aromatic amines is 1. The summed E-state index contributed by atoms with van der Waals surface area (Å²) in [5.41, 5.74) is 1.31. The van der Waals surface area contributed by atoms with Crippen LogP contribution in [0.5, 0.6) is 0 Å². The number of nitrogens with zero attached hydrogens (tertiary/aromatic N) is 1. The molecule has 1 fully saturated rings. The molecule has 2 unspecified atom stereocenters. The first-order chi connectivity index (χ1) is 8.65. The van der Waals surface area contributed by atoms with Gasteiger partial charge in [0, 0.05) is 30.2 Å². The van der Waals surface area contributed by atoms with Crippen molar-refractivity contribution in [1.29, 1.82) is 0 Å². The summed E-state index contributed by atoms with van der Waals surface area (Å²) in [6, 6.07) is 0. The lowest BCUT2D eigenvalue weighted by molar-refractivity contribution is 0.298. The Morgan fingerprint density at radius 1 is 1.44 bits per heavy atom. The predicted octanol–water partition coefficient (Wildman–Crippen LogP) is 1.91. The van der Waals surface area contributed by atoms with Gasteiger partial charge < -0.3 is 10.1 Å². The number of nitrogens with one attached hydrogen (secondary N) is 1. The van der Waals surface area contributed by atoms with Crippen LogP contribution in [0.15, 0.2) is 4.79 Å². The van der Waals surface area contributed by atoms with E-state index >= 15 is 0 Å². The Bertz CT molecular complexity index is 467. The predicted molar refractivity (Wildman–Crippen MR) is 70.8 cm³/mol. The Hall–Kier alpha value is -1.16. The van der Waals surface area contributed by atoms with Crippen molar-refractivity contribution in [3.8, 4) is 0 Å². The van der Waals surface area contributed by atoms with Gasteiger partial charge in [-0.3, -0.25) is 4.79 Å². The van der Waals surface area contributed by atoms with E-state index in [1.54, 1.807) is 0 Å². The molecule has 1 aromatic heterocycles. The van der Waals surface area contributed by atoms with Gasteiger partial charge in [-0.1, -0.05) is 13.3 Å².